The fourth-order valence-corrected chi connectivity index (χ4v) is 3.03. The summed E-state index contributed by atoms with van der Waals surface area (Å²) in [6.45, 7) is 3.26. The summed E-state index contributed by atoms with van der Waals surface area (Å²) in [5.41, 5.74) is 3.23. The zero-order valence-electron chi connectivity index (χ0n) is 14.3. The first-order valence-corrected chi connectivity index (χ1v) is 8.11. The van der Waals surface area contributed by atoms with Crippen LogP contribution < -0.4 is 16.3 Å². The van der Waals surface area contributed by atoms with Gasteiger partial charge in [0.25, 0.3) is 0 Å². The molecule has 2 aromatic heterocycles. The first-order chi connectivity index (χ1) is 12.5. The molecule has 2 aromatic carbocycles. The summed E-state index contributed by atoms with van der Waals surface area (Å²) in [4.78, 5) is 23.5. The lowest BCUT2D eigenvalue weighted by Gasteiger charge is -2.09. The first kappa shape index (κ1) is 16.0. The summed E-state index contributed by atoms with van der Waals surface area (Å²) in [6, 6.07) is 12.8. The average Bonchev–Trinajstić information content (AvgIpc) is 3.01. The Morgan fingerprint density at radius 2 is 1.81 bits per heavy atom. The zero-order valence-corrected chi connectivity index (χ0v) is 14.3. The molecule has 26 heavy (non-hydrogen) atoms. The molecule has 0 fully saturated rings. The summed E-state index contributed by atoms with van der Waals surface area (Å²) >= 11 is 0. The lowest BCUT2D eigenvalue weighted by molar-refractivity contribution is -0.114. The molecule has 0 radical (unpaired) electrons. The monoisotopic (exact) mass is 348 g/mol. The number of rotatable bonds is 3. The third-order valence-corrected chi connectivity index (χ3v) is 4.12. The molecule has 0 aliphatic carbocycles. The molecule has 0 bridgehead atoms. The number of benzene rings is 2. The van der Waals surface area contributed by atoms with Crippen molar-refractivity contribution in [3.63, 3.8) is 0 Å². The van der Waals surface area contributed by atoms with Crippen LogP contribution >= 0.6 is 0 Å². The van der Waals surface area contributed by atoms with E-state index in [-0.39, 0.29) is 5.91 Å². The van der Waals surface area contributed by atoms with E-state index in [4.69, 9.17) is 8.83 Å². The van der Waals surface area contributed by atoms with Crippen LogP contribution in [0.15, 0.2) is 62.4 Å². The number of nitrogens with one attached hydrogen (secondary N) is 2. The van der Waals surface area contributed by atoms with E-state index in [0.29, 0.717) is 27.9 Å². The molecule has 0 saturated carbocycles. The van der Waals surface area contributed by atoms with Crippen molar-refractivity contribution in [2.24, 2.45) is 0 Å². The number of anilines is 3. The Bertz CT molecular complexity index is 1190. The van der Waals surface area contributed by atoms with E-state index < -0.39 is 5.63 Å². The Hall–Kier alpha value is -3.54. The van der Waals surface area contributed by atoms with Crippen molar-refractivity contribution in [1.29, 1.82) is 0 Å². The zero-order chi connectivity index (χ0) is 18.3. The van der Waals surface area contributed by atoms with Gasteiger partial charge in [0.15, 0.2) is 11.2 Å². The summed E-state index contributed by atoms with van der Waals surface area (Å²) in [5.74, 6) is -0.213. The SMILES string of the molecule is CC(=O)Nc1cc2c(C)cc(=O)oc2c2c(Nc3ccccc3)coc12. The molecule has 0 aliphatic heterocycles. The minimum Gasteiger partial charge on any atom is -0.460 e. The highest BCUT2D eigenvalue weighted by molar-refractivity contribution is 6.16. The summed E-state index contributed by atoms with van der Waals surface area (Å²) in [6.07, 6.45) is 1.55. The highest BCUT2D eigenvalue weighted by Crippen LogP contribution is 2.39. The van der Waals surface area contributed by atoms with Gasteiger partial charge in [0.05, 0.1) is 16.8 Å². The summed E-state index contributed by atoms with van der Waals surface area (Å²) in [7, 11) is 0. The van der Waals surface area contributed by atoms with E-state index in [1.807, 2.05) is 37.3 Å². The van der Waals surface area contributed by atoms with Crippen molar-refractivity contribution >= 4 is 44.9 Å². The molecular weight excluding hydrogens is 332 g/mol. The minimum absolute atomic E-state index is 0.213. The van der Waals surface area contributed by atoms with Crippen molar-refractivity contribution in [2.45, 2.75) is 13.8 Å². The Balaban J connectivity index is 2.03. The second-order valence-electron chi connectivity index (χ2n) is 6.07. The normalized spacial score (nSPS) is 11.0. The fraction of sp³-hybridized carbons (Fsp3) is 0.100. The van der Waals surface area contributed by atoms with Crippen molar-refractivity contribution in [3.05, 3.63) is 64.7 Å². The van der Waals surface area contributed by atoms with Crippen LogP contribution in [0, 0.1) is 6.92 Å². The molecule has 130 valence electrons. The van der Waals surface area contributed by atoms with Crippen LogP contribution in [-0.4, -0.2) is 5.91 Å². The van der Waals surface area contributed by atoms with Crippen molar-refractivity contribution < 1.29 is 13.6 Å². The van der Waals surface area contributed by atoms with Gasteiger partial charge in [0.2, 0.25) is 5.91 Å². The van der Waals surface area contributed by atoms with Gasteiger partial charge in [0, 0.05) is 24.1 Å². The van der Waals surface area contributed by atoms with Crippen LogP contribution in [0.3, 0.4) is 0 Å². The van der Waals surface area contributed by atoms with E-state index in [1.54, 1.807) is 12.3 Å². The smallest absolute Gasteiger partial charge is 0.336 e. The second-order valence-corrected chi connectivity index (χ2v) is 6.07. The molecule has 0 aliphatic rings. The van der Waals surface area contributed by atoms with Crippen LogP contribution in [0.2, 0.25) is 0 Å². The molecular formula is C20H16N2O4. The van der Waals surface area contributed by atoms with Crippen LogP contribution in [0.5, 0.6) is 0 Å². The fourth-order valence-electron chi connectivity index (χ4n) is 3.03. The van der Waals surface area contributed by atoms with Crippen LogP contribution in [0.4, 0.5) is 17.1 Å². The predicted molar refractivity (Wildman–Crippen MR) is 101 cm³/mol. The number of amides is 1. The number of aryl methyl sites for hydroxylation is 1. The third kappa shape index (κ3) is 2.71. The number of hydrogen-bond donors (Lipinski definition) is 2. The van der Waals surface area contributed by atoms with Gasteiger partial charge in [-0.15, -0.1) is 0 Å². The van der Waals surface area contributed by atoms with Gasteiger partial charge in [-0.05, 0) is 30.7 Å². The molecule has 6 heteroatoms. The van der Waals surface area contributed by atoms with Gasteiger partial charge in [-0.3, -0.25) is 4.79 Å². The van der Waals surface area contributed by atoms with E-state index in [0.717, 1.165) is 16.6 Å². The topological polar surface area (TPSA) is 84.5 Å². The Morgan fingerprint density at radius 3 is 2.54 bits per heavy atom. The van der Waals surface area contributed by atoms with Gasteiger partial charge in [-0.25, -0.2) is 4.79 Å². The molecule has 0 unspecified atom stereocenters. The third-order valence-electron chi connectivity index (χ3n) is 4.12. The van der Waals surface area contributed by atoms with Crippen molar-refractivity contribution in [3.8, 4) is 0 Å². The number of para-hydroxylation sites is 1. The molecule has 2 N–H and O–H groups in total. The van der Waals surface area contributed by atoms with Gasteiger partial charge in [-0.1, -0.05) is 18.2 Å². The van der Waals surface area contributed by atoms with E-state index in [2.05, 4.69) is 10.6 Å². The first-order valence-electron chi connectivity index (χ1n) is 8.11. The average molecular weight is 348 g/mol. The maximum absolute atomic E-state index is 11.9. The van der Waals surface area contributed by atoms with Gasteiger partial charge in [-0.2, -0.15) is 0 Å². The lowest BCUT2D eigenvalue weighted by Crippen LogP contribution is -2.07. The second kappa shape index (κ2) is 6.07. The Kier molecular flexibility index (Phi) is 3.73. The molecule has 0 atom stereocenters. The van der Waals surface area contributed by atoms with Crippen LogP contribution in [-0.2, 0) is 4.79 Å². The molecule has 4 rings (SSSR count). The summed E-state index contributed by atoms with van der Waals surface area (Å²) < 4.78 is 11.2. The van der Waals surface area contributed by atoms with E-state index in [1.165, 1.54) is 13.0 Å². The number of hydrogen-bond acceptors (Lipinski definition) is 5. The van der Waals surface area contributed by atoms with E-state index in [9.17, 15) is 9.59 Å². The minimum atomic E-state index is -0.435. The van der Waals surface area contributed by atoms with Gasteiger partial charge in [0.1, 0.15) is 6.26 Å². The highest BCUT2D eigenvalue weighted by Gasteiger charge is 2.19. The highest BCUT2D eigenvalue weighted by atomic mass is 16.4. The Labute approximate surface area is 148 Å². The molecule has 0 spiro atoms. The molecule has 6 nitrogen and oxygen atoms in total. The quantitative estimate of drug-likeness (QED) is 0.531. The maximum Gasteiger partial charge on any atom is 0.336 e. The standard InChI is InChI=1S/C20H16N2O4/c1-11-8-17(24)26-19-14(11)9-15(21-12(2)23)20-18(19)16(10-25-20)22-13-6-4-3-5-7-13/h3-10,22H,1-2H3,(H,21,23). The number of furan rings is 1. The molecule has 0 saturated heterocycles. The largest absolute Gasteiger partial charge is 0.460 e. The van der Waals surface area contributed by atoms with Crippen LogP contribution in [0.1, 0.15) is 12.5 Å². The van der Waals surface area contributed by atoms with Crippen molar-refractivity contribution in [2.75, 3.05) is 10.6 Å². The number of carbonyl (C=O) groups is 1. The Morgan fingerprint density at radius 1 is 1.04 bits per heavy atom. The van der Waals surface area contributed by atoms with E-state index >= 15 is 0 Å². The summed E-state index contributed by atoms with van der Waals surface area (Å²) in [5, 5.41) is 7.39. The molecule has 2 heterocycles. The predicted octanol–water partition coefficient (Wildman–Crippen LogP) is 4.55. The molecule has 1 amide bonds. The van der Waals surface area contributed by atoms with Crippen LogP contribution in [0.25, 0.3) is 21.9 Å². The van der Waals surface area contributed by atoms with Gasteiger partial charge < -0.3 is 19.5 Å². The number of carbonyl (C=O) groups excluding carboxylic acids is 1. The maximum atomic E-state index is 11.9. The lowest BCUT2D eigenvalue weighted by atomic mass is 10.1. The number of fused-ring (bicyclic) bond motifs is 3. The van der Waals surface area contributed by atoms with Crippen molar-refractivity contribution in [1.82, 2.24) is 0 Å². The molecule has 4 aromatic rings. The van der Waals surface area contributed by atoms with Gasteiger partial charge >= 0.3 is 5.63 Å².